The average Bonchev–Trinajstić information content (AvgIpc) is 2.84. The van der Waals surface area contributed by atoms with Gasteiger partial charge < -0.3 is 5.73 Å². The van der Waals surface area contributed by atoms with Crippen molar-refractivity contribution in [3.63, 3.8) is 0 Å². The third-order valence-corrected chi connectivity index (χ3v) is 3.80. The first-order valence-electron chi connectivity index (χ1n) is 7.34. The van der Waals surface area contributed by atoms with Crippen LogP contribution in [0.2, 0.25) is 0 Å². The summed E-state index contributed by atoms with van der Waals surface area (Å²) in [6, 6.07) is 8.87. The van der Waals surface area contributed by atoms with Crippen molar-refractivity contribution in [2.24, 2.45) is 5.73 Å². The number of fused-ring (bicyclic) bond motifs is 1. The summed E-state index contributed by atoms with van der Waals surface area (Å²) in [7, 11) is 0. The predicted octanol–water partition coefficient (Wildman–Crippen LogP) is 2.83. The van der Waals surface area contributed by atoms with E-state index in [1.807, 2.05) is 13.8 Å². The maximum Gasteiger partial charge on any atom is 0.130 e. The Labute approximate surface area is 120 Å². The van der Waals surface area contributed by atoms with E-state index in [0.717, 1.165) is 23.6 Å². The molecule has 2 N–H and O–H groups in total. The molecule has 0 aliphatic heterocycles. The van der Waals surface area contributed by atoms with Gasteiger partial charge >= 0.3 is 0 Å². The van der Waals surface area contributed by atoms with Crippen molar-refractivity contribution in [1.82, 2.24) is 9.97 Å². The lowest BCUT2D eigenvalue weighted by Gasteiger charge is -2.09. The van der Waals surface area contributed by atoms with Crippen LogP contribution < -0.4 is 5.73 Å². The van der Waals surface area contributed by atoms with Gasteiger partial charge in [-0.3, -0.25) is 0 Å². The molecule has 1 aromatic heterocycles. The first-order chi connectivity index (χ1) is 9.61. The van der Waals surface area contributed by atoms with Crippen molar-refractivity contribution in [1.29, 1.82) is 0 Å². The maximum atomic E-state index is 5.86. The SMILES string of the molecule is Cc1cc(-c2ccc3c(c2)CCC3)nc(CC(C)N)n1. The highest BCUT2D eigenvalue weighted by Gasteiger charge is 2.13. The number of benzene rings is 1. The van der Waals surface area contributed by atoms with Gasteiger partial charge in [-0.05, 0) is 56.4 Å². The minimum atomic E-state index is 0.0877. The molecule has 3 heteroatoms. The van der Waals surface area contributed by atoms with Crippen molar-refractivity contribution in [3.8, 4) is 11.3 Å². The van der Waals surface area contributed by atoms with Crippen molar-refractivity contribution in [2.45, 2.75) is 45.6 Å². The van der Waals surface area contributed by atoms with Crippen molar-refractivity contribution >= 4 is 0 Å². The molecule has 3 rings (SSSR count). The van der Waals surface area contributed by atoms with Gasteiger partial charge in [0.15, 0.2) is 0 Å². The topological polar surface area (TPSA) is 51.8 Å². The van der Waals surface area contributed by atoms with Crippen LogP contribution in [0.25, 0.3) is 11.3 Å². The molecule has 1 unspecified atom stereocenters. The molecule has 1 aliphatic rings. The van der Waals surface area contributed by atoms with E-state index in [1.165, 1.54) is 36.0 Å². The lowest BCUT2D eigenvalue weighted by molar-refractivity contribution is 0.700. The van der Waals surface area contributed by atoms with E-state index in [1.54, 1.807) is 0 Å². The second kappa shape index (κ2) is 5.33. The highest BCUT2D eigenvalue weighted by molar-refractivity contribution is 5.62. The molecule has 3 nitrogen and oxygen atoms in total. The van der Waals surface area contributed by atoms with Gasteiger partial charge in [0.05, 0.1) is 5.69 Å². The molecule has 1 heterocycles. The van der Waals surface area contributed by atoms with E-state index >= 15 is 0 Å². The largest absolute Gasteiger partial charge is 0.328 e. The molecule has 104 valence electrons. The molecular weight excluding hydrogens is 246 g/mol. The summed E-state index contributed by atoms with van der Waals surface area (Å²) in [5.74, 6) is 0.843. The lowest BCUT2D eigenvalue weighted by atomic mass is 10.0. The van der Waals surface area contributed by atoms with Gasteiger partial charge in [-0.25, -0.2) is 9.97 Å². The van der Waals surface area contributed by atoms with Crippen LogP contribution in [0.5, 0.6) is 0 Å². The molecule has 20 heavy (non-hydrogen) atoms. The van der Waals surface area contributed by atoms with Gasteiger partial charge in [0.1, 0.15) is 5.82 Å². The number of nitrogens with zero attached hydrogens (tertiary/aromatic N) is 2. The molecule has 0 saturated carbocycles. The Bertz CT molecular complexity index is 632. The van der Waals surface area contributed by atoms with Crippen LogP contribution >= 0.6 is 0 Å². The summed E-state index contributed by atoms with van der Waals surface area (Å²) in [4.78, 5) is 9.16. The van der Waals surface area contributed by atoms with E-state index in [2.05, 4.69) is 34.2 Å². The Kier molecular flexibility index (Phi) is 3.53. The van der Waals surface area contributed by atoms with Crippen LogP contribution in [0.15, 0.2) is 24.3 Å². The van der Waals surface area contributed by atoms with E-state index in [9.17, 15) is 0 Å². The van der Waals surface area contributed by atoms with Crippen molar-refractivity contribution in [3.05, 3.63) is 46.9 Å². The van der Waals surface area contributed by atoms with Crippen LogP contribution in [0.3, 0.4) is 0 Å². The Balaban J connectivity index is 1.99. The molecule has 0 fully saturated rings. The molecule has 1 aliphatic carbocycles. The monoisotopic (exact) mass is 267 g/mol. The summed E-state index contributed by atoms with van der Waals surface area (Å²) < 4.78 is 0. The zero-order valence-corrected chi connectivity index (χ0v) is 12.2. The van der Waals surface area contributed by atoms with Crippen LogP contribution in [-0.4, -0.2) is 16.0 Å². The van der Waals surface area contributed by atoms with Crippen LogP contribution in [-0.2, 0) is 19.3 Å². The lowest BCUT2D eigenvalue weighted by Crippen LogP contribution is -2.19. The molecule has 0 radical (unpaired) electrons. The smallest absolute Gasteiger partial charge is 0.130 e. The number of nitrogens with two attached hydrogens (primary N) is 1. The average molecular weight is 267 g/mol. The Morgan fingerprint density at radius 2 is 1.95 bits per heavy atom. The fourth-order valence-corrected chi connectivity index (χ4v) is 2.89. The highest BCUT2D eigenvalue weighted by Crippen LogP contribution is 2.27. The van der Waals surface area contributed by atoms with E-state index in [-0.39, 0.29) is 6.04 Å². The minimum absolute atomic E-state index is 0.0877. The van der Waals surface area contributed by atoms with E-state index in [0.29, 0.717) is 0 Å². The molecule has 0 saturated heterocycles. The number of hydrogen-bond donors (Lipinski definition) is 1. The number of rotatable bonds is 3. The Morgan fingerprint density at radius 3 is 2.75 bits per heavy atom. The Morgan fingerprint density at radius 1 is 1.15 bits per heavy atom. The van der Waals surface area contributed by atoms with Crippen LogP contribution in [0.4, 0.5) is 0 Å². The second-order valence-corrected chi connectivity index (χ2v) is 5.83. The van der Waals surface area contributed by atoms with Gasteiger partial charge in [-0.1, -0.05) is 12.1 Å². The van der Waals surface area contributed by atoms with E-state index in [4.69, 9.17) is 5.73 Å². The minimum Gasteiger partial charge on any atom is -0.328 e. The fourth-order valence-electron chi connectivity index (χ4n) is 2.89. The van der Waals surface area contributed by atoms with Gasteiger partial charge in [0.2, 0.25) is 0 Å². The van der Waals surface area contributed by atoms with Gasteiger partial charge in [-0.15, -0.1) is 0 Å². The molecule has 0 amide bonds. The van der Waals surface area contributed by atoms with Gasteiger partial charge in [-0.2, -0.15) is 0 Å². The number of aromatic nitrogens is 2. The third-order valence-electron chi connectivity index (χ3n) is 3.80. The zero-order chi connectivity index (χ0) is 14.1. The van der Waals surface area contributed by atoms with Crippen molar-refractivity contribution in [2.75, 3.05) is 0 Å². The fraction of sp³-hybridized carbons (Fsp3) is 0.412. The van der Waals surface area contributed by atoms with Crippen LogP contribution in [0, 0.1) is 6.92 Å². The maximum absolute atomic E-state index is 5.86. The molecule has 0 bridgehead atoms. The molecule has 0 spiro atoms. The van der Waals surface area contributed by atoms with Gasteiger partial charge in [0, 0.05) is 23.7 Å². The van der Waals surface area contributed by atoms with Crippen molar-refractivity contribution < 1.29 is 0 Å². The molecular formula is C17H21N3. The van der Waals surface area contributed by atoms with Crippen LogP contribution in [0.1, 0.15) is 36.0 Å². The normalized spacial score (nSPS) is 15.2. The van der Waals surface area contributed by atoms with E-state index < -0.39 is 0 Å². The molecule has 1 atom stereocenters. The second-order valence-electron chi connectivity index (χ2n) is 5.83. The quantitative estimate of drug-likeness (QED) is 0.930. The molecule has 1 aromatic carbocycles. The standard InChI is InChI=1S/C17H21N3/c1-11(18)8-17-19-12(2)9-16(20-17)15-7-6-13-4-3-5-14(13)10-15/h6-7,9-11H,3-5,8,18H2,1-2H3. The number of aryl methyl sites for hydroxylation is 3. The predicted molar refractivity (Wildman–Crippen MR) is 81.6 cm³/mol. The summed E-state index contributed by atoms with van der Waals surface area (Å²) >= 11 is 0. The summed E-state index contributed by atoms with van der Waals surface area (Å²) in [5, 5.41) is 0. The zero-order valence-electron chi connectivity index (χ0n) is 12.2. The highest BCUT2D eigenvalue weighted by atomic mass is 14.9. The Hall–Kier alpha value is -1.74. The molecule has 2 aromatic rings. The third kappa shape index (κ3) is 2.73. The van der Waals surface area contributed by atoms with Gasteiger partial charge in [0.25, 0.3) is 0 Å². The summed E-state index contributed by atoms with van der Waals surface area (Å²) in [6.45, 7) is 4.00. The first-order valence-corrected chi connectivity index (χ1v) is 7.34. The summed E-state index contributed by atoms with van der Waals surface area (Å²) in [6.07, 6.45) is 4.41. The first kappa shape index (κ1) is 13.3. The number of hydrogen-bond acceptors (Lipinski definition) is 3. The summed E-state index contributed by atoms with van der Waals surface area (Å²) in [5.41, 5.74) is 12.1.